The lowest BCUT2D eigenvalue weighted by molar-refractivity contribution is 0.808. The summed E-state index contributed by atoms with van der Waals surface area (Å²) in [5.41, 5.74) is 6.05. The van der Waals surface area contributed by atoms with Gasteiger partial charge in [0, 0.05) is 0 Å². The van der Waals surface area contributed by atoms with Gasteiger partial charge in [0.2, 0.25) is 0 Å². The molecule has 0 saturated carbocycles. The van der Waals surface area contributed by atoms with Gasteiger partial charge in [-0.05, 0) is 0 Å². The molecule has 5 nitrogen and oxygen atoms in total. The van der Waals surface area contributed by atoms with Crippen molar-refractivity contribution in [2.45, 2.75) is 0 Å². The summed E-state index contributed by atoms with van der Waals surface area (Å²) in [5, 5.41) is 4.43. The smallest absolute Gasteiger partial charge is 0.250 e. The van der Waals surface area contributed by atoms with Crippen molar-refractivity contribution in [3.63, 3.8) is 0 Å². The molecular weight excluding hydrogens is 190 g/mol. The van der Waals surface area contributed by atoms with Crippen molar-refractivity contribution in [3.8, 4) is 5.95 Å². The van der Waals surface area contributed by atoms with E-state index in [1.165, 1.54) is 23.3 Å². The first-order valence-corrected chi connectivity index (χ1v) is 3.91. The van der Waals surface area contributed by atoms with E-state index in [1.54, 1.807) is 6.20 Å². The van der Waals surface area contributed by atoms with Crippen LogP contribution in [0, 0.1) is 0 Å². The van der Waals surface area contributed by atoms with E-state index in [4.69, 9.17) is 17.3 Å². The summed E-state index contributed by atoms with van der Waals surface area (Å²) in [6.45, 7) is 0. The maximum atomic E-state index is 5.62. The van der Waals surface area contributed by atoms with E-state index in [2.05, 4.69) is 15.1 Å². The number of anilines is 1. The summed E-state index contributed by atoms with van der Waals surface area (Å²) in [6.07, 6.45) is 6.16. The molecule has 0 bridgehead atoms. The molecular formula is C7H6ClN5. The van der Waals surface area contributed by atoms with Crippen molar-refractivity contribution in [1.29, 1.82) is 0 Å². The van der Waals surface area contributed by atoms with Crippen LogP contribution in [0.4, 0.5) is 5.69 Å². The van der Waals surface area contributed by atoms with Crippen LogP contribution in [0.25, 0.3) is 5.95 Å². The van der Waals surface area contributed by atoms with Crippen LogP contribution in [-0.2, 0) is 0 Å². The minimum Gasteiger partial charge on any atom is -0.396 e. The molecule has 2 N–H and O–H groups in total. The average Bonchev–Trinajstić information content (AvgIpc) is 2.53. The molecule has 2 aromatic rings. The van der Waals surface area contributed by atoms with E-state index >= 15 is 0 Å². The number of rotatable bonds is 1. The van der Waals surface area contributed by atoms with Gasteiger partial charge in [-0.15, -0.1) is 0 Å². The van der Waals surface area contributed by atoms with Gasteiger partial charge < -0.3 is 5.73 Å². The van der Waals surface area contributed by atoms with E-state index in [9.17, 15) is 0 Å². The van der Waals surface area contributed by atoms with Crippen LogP contribution in [0.2, 0.25) is 5.02 Å². The van der Waals surface area contributed by atoms with Crippen molar-refractivity contribution in [3.05, 3.63) is 29.8 Å². The topological polar surface area (TPSA) is 69.6 Å². The minimum absolute atomic E-state index is 0.445. The largest absolute Gasteiger partial charge is 0.396 e. The second kappa shape index (κ2) is 3.02. The van der Waals surface area contributed by atoms with Gasteiger partial charge >= 0.3 is 0 Å². The number of nitrogens with zero attached hydrogens (tertiary/aromatic N) is 4. The molecule has 2 heterocycles. The molecule has 0 spiro atoms. The lowest BCUT2D eigenvalue weighted by Gasteiger charge is -1.96. The highest BCUT2D eigenvalue weighted by Gasteiger charge is 2.00. The Labute approximate surface area is 79.2 Å². The molecule has 66 valence electrons. The molecule has 0 aliphatic heterocycles. The third kappa shape index (κ3) is 1.59. The lowest BCUT2D eigenvalue weighted by Crippen LogP contribution is -2.00. The van der Waals surface area contributed by atoms with Gasteiger partial charge in [-0.3, -0.25) is 0 Å². The molecule has 0 unspecified atom stereocenters. The zero-order valence-electron chi connectivity index (χ0n) is 6.55. The Bertz CT molecular complexity index is 407. The molecule has 0 aliphatic rings. The van der Waals surface area contributed by atoms with Gasteiger partial charge in [-0.1, -0.05) is 11.6 Å². The SMILES string of the molecule is Nc1cnn(-c2ncc(Cl)cn2)c1. The first-order valence-electron chi connectivity index (χ1n) is 3.54. The van der Waals surface area contributed by atoms with Crippen LogP contribution >= 0.6 is 11.6 Å². The van der Waals surface area contributed by atoms with Gasteiger partial charge in [-0.2, -0.15) is 5.10 Å². The van der Waals surface area contributed by atoms with E-state index in [-0.39, 0.29) is 0 Å². The Balaban J connectivity index is 2.41. The lowest BCUT2D eigenvalue weighted by atomic mass is 10.6. The molecule has 0 radical (unpaired) electrons. The van der Waals surface area contributed by atoms with Crippen LogP contribution in [0.5, 0.6) is 0 Å². The van der Waals surface area contributed by atoms with Crippen LogP contribution in [0.1, 0.15) is 0 Å². The number of hydrogen-bond donors (Lipinski definition) is 1. The van der Waals surface area contributed by atoms with E-state index in [0.717, 1.165) is 0 Å². The molecule has 6 heteroatoms. The number of halogens is 1. The molecule has 13 heavy (non-hydrogen) atoms. The Hall–Kier alpha value is -1.62. The monoisotopic (exact) mass is 195 g/mol. The quantitative estimate of drug-likeness (QED) is 0.734. The van der Waals surface area contributed by atoms with Gasteiger partial charge in [0.15, 0.2) is 0 Å². The predicted octanol–water partition coefficient (Wildman–Crippen LogP) is 0.898. The fourth-order valence-corrected chi connectivity index (χ4v) is 0.967. The fraction of sp³-hybridized carbons (Fsp3) is 0. The Kier molecular flexibility index (Phi) is 1.86. The third-order valence-corrected chi connectivity index (χ3v) is 1.61. The number of hydrogen-bond acceptors (Lipinski definition) is 4. The van der Waals surface area contributed by atoms with Crippen molar-refractivity contribution in [2.75, 3.05) is 5.73 Å². The Morgan fingerprint density at radius 2 is 1.92 bits per heavy atom. The first-order chi connectivity index (χ1) is 6.25. The van der Waals surface area contributed by atoms with Crippen molar-refractivity contribution in [2.24, 2.45) is 0 Å². The second-order valence-electron chi connectivity index (χ2n) is 2.42. The molecule has 0 aliphatic carbocycles. The molecule has 0 atom stereocenters. The standard InChI is InChI=1S/C7H6ClN5/c8-5-1-10-7(11-2-5)13-4-6(9)3-12-13/h1-4H,9H2. The second-order valence-corrected chi connectivity index (χ2v) is 2.86. The van der Waals surface area contributed by atoms with Crippen LogP contribution in [0.3, 0.4) is 0 Å². The van der Waals surface area contributed by atoms with Crippen molar-refractivity contribution in [1.82, 2.24) is 19.7 Å². The molecule has 0 aromatic carbocycles. The van der Waals surface area contributed by atoms with Crippen LogP contribution in [0.15, 0.2) is 24.8 Å². The normalized spacial score (nSPS) is 10.2. The highest BCUT2D eigenvalue weighted by atomic mass is 35.5. The summed E-state index contributed by atoms with van der Waals surface area (Å²) in [6, 6.07) is 0. The Morgan fingerprint density at radius 3 is 2.46 bits per heavy atom. The van der Waals surface area contributed by atoms with Gasteiger partial charge in [-0.25, -0.2) is 14.6 Å². The predicted molar refractivity (Wildman–Crippen MR) is 48.6 cm³/mol. The number of nitrogens with two attached hydrogens (primary N) is 1. The minimum atomic E-state index is 0.445. The Morgan fingerprint density at radius 1 is 1.23 bits per heavy atom. The summed E-state index contributed by atoms with van der Waals surface area (Å²) in [5.74, 6) is 0.445. The number of nitrogen functional groups attached to an aromatic ring is 1. The first kappa shape index (κ1) is 8.00. The summed E-state index contributed by atoms with van der Waals surface area (Å²) in [4.78, 5) is 7.93. The fourth-order valence-electron chi connectivity index (χ4n) is 0.870. The summed E-state index contributed by atoms with van der Waals surface area (Å²) < 4.78 is 1.48. The maximum absolute atomic E-state index is 5.62. The maximum Gasteiger partial charge on any atom is 0.250 e. The highest BCUT2D eigenvalue weighted by Crippen LogP contribution is 2.07. The third-order valence-electron chi connectivity index (χ3n) is 1.41. The van der Waals surface area contributed by atoms with Gasteiger partial charge in [0.05, 0.1) is 35.5 Å². The van der Waals surface area contributed by atoms with Gasteiger partial charge in [0.1, 0.15) is 0 Å². The zero-order chi connectivity index (χ0) is 9.26. The van der Waals surface area contributed by atoms with E-state index in [1.807, 2.05) is 0 Å². The number of aromatic nitrogens is 4. The zero-order valence-corrected chi connectivity index (χ0v) is 7.31. The van der Waals surface area contributed by atoms with Crippen molar-refractivity contribution >= 4 is 17.3 Å². The van der Waals surface area contributed by atoms with Crippen molar-refractivity contribution < 1.29 is 0 Å². The van der Waals surface area contributed by atoms with E-state index < -0.39 is 0 Å². The average molecular weight is 196 g/mol. The molecule has 2 rings (SSSR count). The molecule has 0 fully saturated rings. The molecule has 2 aromatic heterocycles. The van der Waals surface area contributed by atoms with Crippen LogP contribution in [-0.4, -0.2) is 19.7 Å². The molecule has 0 saturated heterocycles. The summed E-state index contributed by atoms with van der Waals surface area (Å²) >= 11 is 5.62. The van der Waals surface area contributed by atoms with Crippen LogP contribution < -0.4 is 5.73 Å². The van der Waals surface area contributed by atoms with E-state index in [0.29, 0.717) is 16.7 Å². The highest BCUT2D eigenvalue weighted by molar-refractivity contribution is 6.30. The molecule has 0 amide bonds. The van der Waals surface area contributed by atoms with Gasteiger partial charge in [0.25, 0.3) is 5.95 Å². The summed E-state index contributed by atoms with van der Waals surface area (Å²) in [7, 11) is 0.